The van der Waals surface area contributed by atoms with Gasteiger partial charge in [-0.1, -0.05) is 12.1 Å². The summed E-state index contributed by atoms with van der Waals surface area (Å²) in [6.07, 6.45) is -2.09. The highest BCUT2D eigenvalue weighted by atomic mass is 79.9. The maximum Gasteiger partial charge on any atom is 0.381 e. The van der Waals surface area contributed by atoms with E-state index in [0.29, 0.717) is 4.47 Å². The predicted octanol–water partition coefficient (Wildman–Crippen LogP) is 2.69. The number of ether oxygens (including phenoxy) is 2. The highest BCUT2D eigenvalue weighted by Crippen LogP contribution is 2.25. The minimum atomic E-state index is -2.09. The first-order valence-corrected chi connectivity index (χ1v) is 5.16. The molecule has 1 unspecified atom stereocenters. The molecule has 0 bridgehead atoms. The Morgan fingerprint density at radius 1 is 1.53 bits per heavy atom. The van der Waals surface area contributed by atoms with E-state index in [9.17, 15) is 9.18 Å². The van der Waals surface area contributed by atoms with Crippen molar-refractivity contribution in [3.63, 3.8) is 0 Å². The van der Waals surface area contributed by atoms with Crippen LogP contribution < -0.4 is 4.74 Å². The van der Waals surface area contributed by atoms with Crippen LogP contribution in [0.3, 0.4) is 0 Å². The smallest absolute Gasteiger partial charge is 0.381 e. The van der Waals surface area contributed by atoms with Crippen molar-refractivity contribution < 1.29 is 18.7 Å². The number of carbonyl (C=O) groups is 1. The first-order chi connectivity index (χ1) is 7.15. The monoisotopic (exact) mass is 276 g/mol. The van der Waals surface area contributed by atoms with Crippen LogP contribution in [0.25, 0.3) is 0 Å². The standard InChI is InChI=1S/C10H10BrFO3/c1-2-14-10(13)9(12)15-8-6-4-3-5-7(8)11/h3-6,9H,2H2,1H3. The van der Waals surface area contributed by atoms with E-state index in [1.165, 1.54) is 0 Å². The molecule has 0 aliphatic heterocycles. The highest BCUT2D eigenvalue weighted by Gasteiger charge is 2.20. The van der Waals surface area contributed by atoms with Crippen molar-refractivity contribution in [1.29, 1.82) is 0 Å². The molecule has 0 aromatic heterocycles. The lowest BCUT2D eigenvalue weighted by Crippen LogP contribution is -2.24. The molecule has 0 saturated heterocycles. The van der Waals surface area contributed by atoms with Crippen LogP contribution in [0.5, 0.6) is 5.75 Å². The lowest BCUT2D eigenvalue weighted by Gasteiger charge is -2.11. The molecule has 0 fully saturated rings. The number of hydrogen-bond acceptors (Lipinski definition) is 3. The van der Waals surface area contributed by atoms with E-state index in [1.807, 2.05) is 0 Å². The summed E-state index contributed by atoms with van der Waals surface area (Å²) in [5.41, 5.74) is 0. The van der Waals surface area contributed by atoms with Crippen molar-refractivity contribution >= 4 is 21.9 Å². The molecule has 0 amide bonds. The van der Waals surface area contributed by atoms with Gasteiger partial charge in [0, 0.05) is 0 Å². The molecule has 0 aliphatic rings. The number of benzene rings is 1. The molecule has 1 atom stereocenters. The molecule has 15 heavy (non-hydrogen) atoms. The van der Waals surface area contributed by atoms with Gasteiger partial charge in [0.05, 0.1) is 11.1 Å². The predicted molar refractivity (Wildman–Crippen MR) is 56.3 cm³/mol. The van der Waals surface area contributed by atoms with E-state index in [0.717, 1.165) is 0 Å². The second-order valence-corrected chi connectivity index (χ2v) is 3.47. The van der Waals surface area contributed by atoms with Crippen molar-refractivity contribution in [3.05, 3.63) is 28.7 Å². The fourth-order valence-corrected chi connectivity index (χ4v) is 1.29. The zero-order valence-corrected chi connectivity index (χ0v) is 9.66. The van der Waals surface area contributed by atoms with Crippen LogP contribution in [0.1, 0.15) is 6.92 Å². The average Bonchev–Trinajstić information content (AvgIpc) is 2.21. The number of para-hydroxylation sites is 1. The van der Waals surface area contributed by atoms with Crippen LogP contribution in [-0.2, 0) is 9.53 Å². The van der Waals surface area contributed by atoms with Gasteiger partial charge in [0.1, 0.15) is 5.75 Å². The highest BCUT2D eigenvalue weighted by molar-refractivity contribution is 9.10. The van der Waals surface area contributed by atoms with E-state index >= 15 is 0 Å². The van der Waals surface area contributed by atoms with E-state index in [1.54, 1.807) is 31.2 Å². The Balaban J connectivity index is 2.62. The zero-order chi connectivity index (χ0) is 11.3. The number of rotatable bonds is 4. The largest absolute Gasteiger partial charge is 0.461 e. The Bertz CT molecular complexity index is 343. The number of carbonyl (C=O) groups excluding carboxylic acids is 1. The van der Waals surface area contributed by atoms with Gasteiger partial charge in [-0.05, 0) is 35.0 Å². The van der Waals surface area contributed by atoms with Crippen molar-refractivity contribution in [3.8, 4) is 5.75 Å². The Morgan fingerprint density at radius 2 is 2.20 bits per heavy atom. The van der Waals surface area contributed by atoms with Crippen LogP contribution in [0, 0.1) is 0 Å². The van der Waals surface area contributed by atoms with Gasteiger partial charge in [-0.25, -0.2) is 4.79 Å². The topological polar surface area (TPSA) is 35.5 Å². The van der Waals surface area contributed by atoms with Gasteiger partial charge >= 0.3 is 12.3 Å². The number of halogens is 2. The number of alkyl halides is 1. The normalized spacial score (nSPS) is 11.9. The van der Waals surface area contributed by atoms with Crippen LogP contribution in [-0.4, -0.2) is 18.9 Å². The molecule has 1 aromatic rings. The molecule has 0 saturated carbocycles. The summed E-state index contributed by atoms with van der Waals surface area (Å²) < 4.78 is 22.9. The SMILES string of the molecule is CCOC(=O)C(F)Oc1ccccc1Br. The molecule has 5 heteroatoms. The van der Waals surface area contributed by atoms with Crippen molar-refractivity contribution in [1.82, 2.24) is 0 Å². The molecule has 0 spiro atoms. The quantitative estimate of drug-likeness (QED) is 0.794. The van der Waals surface area contributed by atoms with Gasteiger partial charge in [0.25, 0.3) is 0 Å². The average molecular weight is 277 g/mol. The van der Waals surface area contributed by atoms with E-state index in [4.69, 9.17) is 4.74 Å². The van der Waals surface area contributed by atoms with E-state index in [-0.39, 0.29) is 12.4 Å². The summed E-state index contributed by atoms with van der Waals surface area (Å²) in [6.45, 7) is 1.72. The third-order valence-electron chi connectivity index (χ3n) is 1.54. The fraction of sp³-hybridized carbons (Fsp3) is 0.300. The van der Waals surface area contributed by atoms with Gasteiger partial charge in [0.2, 0.25) is 0 Å². The second kappa shape index (κ2) is 5.70. The lowest BCUT2D eigenvalue weighted by molar-refractivity contribution is -0.159. The molecule has 0 heterocycles. The minimum absolute atomic E-state index is 0.124. The Hall–Kier alpha value is -1.10. The van der Waals surface area contributed by atoms with E-state index in [2.05, 4.69) is 20.7 Å². The molecule has 3 nitrogen and oxygen atoms in total. The Labute approximate surface area is 95.3 Å². The molecule has 0 aliphatic carbocycles. The van der Waals surface area contributed by atoms with Crippen LogP contribution in [0.4, 0.5) is 4.39 Å². The Morgan fingerprint density at radius 3 is 2.80 bits per heavy atom. The maximum absolute atomic E-state index is 13.1. The van der Waals surface area contributed by atoms with Gasteiger partial charge in [-0.3, -0.25) is 0 Å². The van der Waals surface area contributed by atoms with Gasteiger partial charge < -0.3 is 9.47 Å². The summed E-state index contributed by atoms with van der Waals surface area (Å²) in [5, 5.41) is 0. The molecular formula is C10H10BrFO3. The molecular weight excluding hydrogens is 267 g/mol. The zero-order valence-electron chi connectivity index (χ0n) is 8.07. The lowest BCUT2D eigenvalue weighted by atomic mass is 10.3. The summed E-state index contributed by atoms with van der Waals surface area (Å²) in [5.74, 6) is -0.758. The van der Waals surface area contributed by atoms with Crippen molar-refractivity contribution in [2.75, 3.05) is 6.61 Å². The van der Waals surface area contributed by atoms with Crippen LogP contribution >= 0.6 is 15.9 Å². The van der Waals surface area contributed by atoms with E-state index < -0.39 is 12.3 Å². The van der Waals surface area contributed by atoms with Gasteiger partial charge in [-0.15, -0.1) is 0 Å². The fourth-order valence-electron chi connectivity index (χ4n) is 0.908. The second-order valence-electron chi connectivity index (χ2n) is 2.62. The number of hydrogen-bond donors (Lipinski definition) is 0. The van der Waals surface area contributed by atoms with Crippen molar-refractivity contribution in [2.45, 2.75) is 13.3 Å². The van der Waals surface area contributed by atoms with Gasteiger partial charge in [0.15, 0.2) is 0 Å². The van der Waals surface area contributed by atoms with Gasteiger partial charge in [-0.2, -0.15) is 4.39 Å². The molecule has 1 aromatic carbocycles. The summed E-state index contributed by atoms with van der Waals surface area (Å²) in [4.78, 5) is 10.9. The summed E-state index contributed by atoms with van der Waals surface area (Å²) >= 11 is 3.17. The van der Waals surface area contributed by atoms with Crippen LogP contribution in [0.2, 0.25) is 0 Å². The third kappa shape index (κ3) is 3.51. The Kier molecular flexibility index (Phi) is 4.55. The molecule has 0 radical (unpaired) electrons. The molecule has 82 valence electrons. The van der Waals surface area contributed by atoms with Crippen LogP contribution in [0.15, 0.2) is 28.7 Å². The molecule has 1 rings (SSSR count). The minimum Gasteiger partial charge on any atom is -0.461 e. The molecule has 0 N–H and O–H groups in total. The third-order valence-corrected chi connectivity index (χ3v) is 2.19. The maximum atomic E-state index is 13.1. The summed E-state index contributed by atoms with van der Waals surface area (Å²) in [6, 6.07) is 6.68. The first-order valence-electron chi connectivity index (χ1n) is 4.37. The first kappa shape index (κ1) is 12.0. The summed E-state index contributed by atoms with van der Waals surface area (Å²) in [7, 11) is 0. The number of esters is 1. The van der Waals surface area contributed by atoms with Crippen molar-refractivity contribution in [2.24, 2.45) is 0 Å².